The van der Waals surface area contributed by atoms with Crippen LogP contribution in [0.5, 0.6) is 5.75 Å². The van der Waals surface area contributed by atoms with Crippen LogP contribution >= 0.6 is 11.6 Å². The van der Waals surface area contributed by atoms with Gasteiger partial charge in [-0.05, 0) is 35.2 Å². The normalized spacial score (nSPS) is 10.6. The van der Waals surface area contributed by atoms with Crippen LogP contribution in [0.4, 0.5) is 0 Å². The van der Waals surface area contributed by atoms with Crippen molar-refractivity contribution in [1.82, 2.24) is 5.32 Å². The molecule has 2 rings (SSSR count). The molecule has 0 atom stereocenters. The van der Waals surface area contributed by atoms with Gasteiger partial charge in [0.1, 0.15) is 5.75 Å². The molecule has 0 radical (unpaired) electrons. The number of rotatable bonds is 5. The first-order valence-corrected chi connectivity index (χ1v) is 7.59. The van der Waals surface area contributed by atoms with Gasteiger partial charge in [0.15, 0.2) is 0 Å². The minimum atomic E-state index is -0.179. The Hall–Kier alpha value is -2.00. The number of carbonyl (C=O) groups excluding carboxylic acids is 1. The monoisotopic (exact) mass is 317 g/mol. The highest BCUT2D eigenvalue weighted by Crippen LogP contribution is 2.23. The first-order chi connectivity index (χ1) is 10.5. The van der Waals surface area contributed by atoms with E-state index in [4.69, 9.17) is 16.3 Å². The van der Waals surface area contributed by atoms with Crippen LogP contribution in [0.2, 0.25) is 5.02 Å². The van der Waals surface area contributed by atoms with E-state index in [0.29, 0.717) is 28.8 Å². The number of amides is 1. The van der Waals surface area contributed by atoms with Crippen molar-refractivity contribution in [2.75, 3.05) is 7.11 Å². The van der Waals surface area contributed by atoms with Crippen LogP contribution in [0, 0.1) is 0 Å². The van der Waals surface area contributed by atoms with E-state index in [1.54, 1.807) is 18.2 Å². The van der Waals surface area contributed by atoms with Crippen LogP contribution in [0.1, 0.15) is 41.3 Å². The highest BCUT2D eigenvalue weighted by molar-refractivity contribution is 6.30. The number of carbonyl (C=O) groups is 1. The lowest BCUT2D eigenvalue weighted by atomic mass is 10.0. The molecule has 0 aliphatic carbocycles. The van der Waals surface area contributed by atoms with E-state index in [-0.39, 0.29) is 5.91 Å². The van der Waals surface area contributed by atoms with Crippen molar-refractivity contribution in [1.29, 1.82) is 0 Å². The van der Waals surface area contributed by atoms with Crippen molar-refractivity contribution in [3.63, 3.8) is 0 Å². The number of nitrogens with one attached hydrogen (secondary N) is 1. The van der Waals surface area contributed by atoms with E-state index in [0.717, 1.165) is 5.56 Å². The summed E-state index contributed by atoms with van der Waals surface area (Å²) < 4.78 is 5.20. The second-order valence-corrected chi connectivity index (χ2v) is 5.86. The van der Waals surface area contributed by atoms with Gasteiger partial charge < -0.3 is 10.1 Å². The van der Waals surface area contributed by atoms with Crippen molar-refractivity contribution < 1.29 is 9.53 Å². The van der Waals surface area contributed by atoms with Gasteiger partial charge in [0, 0.05) is 11.6 Å². The van der Waals surface area contributed by atoms with E-state index in [9.17, 15) is 4.79 Å². The molecule has 0 spiro atoms. The number of ether oxygens (including phenoxy) is 1. The molecule has 0 bridgehead atoms. The number of benzene rings is 2. The molecule has 116 valence electrons. The Balaban J connectivity index is 2.03. The average Bonchev–Trinajstić information content (AvgIpc) is 2.52. The lowest BCUT2D eigenvalue weighted by molar-refractivity contribution is 0.0948. The largest absolute Gasteiger partial charge is 0.496 e. The zero-order valence-electron chi connectivity index (χ0n) is 13.0. The fourth-order valence-corrected chi connectivity index (χ4v) is 2.31. The third-order valence-corrected chi connectivity index (χ3v) is 3.74. The first kappa shape index (κ1) is 16.4. The van der Waals surface area contributed by atoms with Crippen LogP contribution in [0.3, 0.4) is 0 Å². The summed E-state index contributed by atoms with van der Waals surface area (Å²) in [4.78, 5) is 12.2. The minimum Gasteiger partial charge on any atom is -0.496 e. The maximum absolute atomic E-state index is 12.2. The van der Waals surface area contributed by atoms with E-state index in [2.05, 4.69) is 31.3 Å². The van der Waals surface area contributed by atoms with Gasteiger partial charge >= 0.3 is 0 Å². The van der Waals surface area contributed by atoms with Gasteiger partial charge in [-0.3, -0.25) is 4.79 Å². The van der Waals surface area contributed by atoms with Crippen molar-refractivity contribution in [2.45, 2.75) is 26.3 Å². The number of halogens is 1. The Morgan fingerprint density at radius 1 is 1.18 bits per heavy atom. The Morgan fingerprint density at radius 3 is 2.45 bits per heavy atom. The topological polar surface area (TPSA) is 38.3 Å². The third-order valence-electron chi connectivity index (χ3n) is 3.51. The Kier molecular flexibility index (Phi) is 5.45. The highest BCUT2D eigenvalue weighted by Gasteiger charge is 2.12. The van der Waals surface area contributed by atoms with E-state index in [1.165, 1.54) is 12.7 Å². The second-order valence-electron chi connectivity index (χ2n) is 5.42. The number of hydrogen-bond donors (Lipinski definition) is 1. The zero-order chi connectivity index (χ0) is 16.1. The van der Waals surface area contributed by atoms with Crippen LogP contribution in [-0.2, 0) is 6.54 Å². The summed E-state index contributed by atoms with van der Waals surface area (Å²) in [5, 5.41) is 3.44. The predicted molar refractivity (Wildman–Crippen MR) is 89.7 cm³/mol. The molecule has 0 fully saturated rings. The molecule has 22 heavy (non-hydrogen) atoms. The van der Waals surface area contributed by atoms with Gasteiger partial charge in [0.25, 0.3) is 5.91 Å². The second kappa shape index (κ2) is 7.32. The lowest BCUT2D eigenvalue weighted by Gasteiger charge is -2.11. The van der Waals surface area contributed by atoms with Gasteiger partial charge in [-0.1, -0.05) is 49.7 Å². The molecular weight excluding hydrogens is 298 g/mol. The Bertz CT molecular complexity index is 651. The fraction of sp³-hybridized carbons (Fsp3) is 0.278. The highest BCUT2D eigenvalue weighted by atomic mass is 35.5. The number of hydrogen-bond acceptors (Lipinski definition) is 2. The van der Waals surface area contributed by atoms with Crippen LogP contribution in [0.25, 0.3) is 0 Å². The van der Waals surface area contributed by atoms with Crippen molar-refractivity contribution in [3.8, 4) is 5.75 Å². The molecule has 0 aliphatic rings. The van der Waals surface area contributed by atoms with Crippen LogP contribution in [0.15, 0.2) is 42.5 Å². The molecule has 0 unspecified atom stereocenters. The summed E-state index contributed by atoms with van der Waals surface area (Å²) in [7, 11) is 1.52. The van der Waals surface area contributed by atoms with Crippen molar-refractivity contribution >= 4 is 17.5 Å². The number of methoxy groups -OCH3 is 1. The maximum atomic E-state index is 12.2. The van der Waals surface area contributed by atoms with E-state index >= 15 is 0 Å². The standard InChI is InChI=1S/C18H20ClNO2/c1-12(2)14-6-4-13(5-7-14)11-20-18(21)16-9-8-15(19)10-17(16)22-3/h4-10,12H,11H2,1-3H3,(H,20,21). The molecule has 3 nitrogen and oxygen atoms in total. The Labute approximate surface area is 136 Å². The molecule has 0 aromatic heterocycles. The first-order valence-electron chi connectivity index (χ1n) is 7.22. The molecular formula is C18H20ClNO2. The third kappa shape index (κ3) is 4.01. The molecule has 0 saturated heterocycles. The molecule has 0 aliphatic heterocycles. The average molecular weight is 318 g/mol. The smallest absolute Gasteiger partial charge is 0.255 e. The summed E-state index contributed by atoms with van der Waals surface area (Å²) in [5.74, 6) is 0.795. The van der Waals surface area contributed by atoms with E-state index < -0.39 is 0 Å². The minimum absolute atomic E-state index is 0.179. The molecule has 4 heteroatoms. The quantitative estimate of drug-likeness (QED) is 0.887. The summed E-state index contributed by atoms with van der Waals surface area (Å²) >= 11 is 5.90. The lowest BCUT2D eigenvalue weighted by Crippen LogP contribution is -2.23. The summed E-state index contributed by atoms with van der Waals surface area (Å²) in [6, 6.07) is 13.2. The van der Waals surface area contributed by atoms with Crippen LogP contribution in [-0.4, -0.2) is 13.0 Å². The zero-order valence-corrected chi connectivity index (χ0v) is 13.8. The molecule has 0 heterocycles. The molecule has 0 saturated carbocycles. The summed E-state index contributed by atoms with van der Waals surface area (Å²) in [6.45, 7) is 4.79. The van der Waals surface area contributed by atoms with Gasteiger partial charge in [-0.2, -0.15) is 0 Å². The van der Waals surface area contributed by atoms with Gasteiger partial charge in [-0.15, -0.1) is 0 Å². The molecule has 1 amide bonds. The van der Waals surface area contributed by atoms with Gasteiger partial charge in [0.05, 0.1) is 12.7 Å². The predicted octanol–water partition coefficient (Wildman–Crippen LogP) is 4.40. The van der Waals surface area contributed by atoms with Crippen molar-refractivity contribution in [2.24, 2.45) is 0 Å². The van der Waals surface area contributed by atoms with Gasteiger partial charge in [0.2, 0.25) is 0 Å². The Morgan fingerprint density at radius 2 is 1.86 bits per heavy atom. The fourth-order valence-electron chi connectivity index (χ4n) is 2.15. The van der Waals surface area contributed by atoms with Gasteiger partial charge in [-0.25, -0.2) is 0 Å². The molecule has 1 N–H and O–H groups in total. The van der Waals surface area contributed by atoms with E-state index in [1.807, 2.05) is 12.1 Å². The summed E-state index contributed by atoms with van der Waals surface area (Å²) in [6.07, 6.45) is 0. The summed E-state index contributed by atoms with van der Waals surface area (Å²) in [5.41, 5.74) is 2.82. The maximum Gasteiger partial charge on any atom is 0.255 e. The van der Waals surface area contributed by atoms with Crippen molar-refractivity contribution in [3.05, 3.63) is 64.2 Å². The molecule has 2 aromatic rings. The molecule has 2 aromatic carbocycles. The SMILES string of the molecule is COc1cc(Cl)ccc1C(=O)NCc1ccc(C(C)C)cc1. The van der Waals surface area contributed by atoms with Crippen LogP contribution < -0.4 is 10.1 Å².